The molecule has 1 aliphatic rings. The van der Waals surface area contributed by atoms with Gasteiger partial charge in [-0.1, -0.05) is 5.92 Å². The third kappa shape index (κ3) is 4.79. The maximum atomic E-state index is 8.30. The van der Waals surface area contributed by atoms with Crippen molar-refractivity contribution in [3.8, 4) is 11.8 Å². The van der Waals surface area contributed by atoms with Gasteiger partial charge in [0, 0.05) is 6.42 Å². The van der Waals surface area contributed by atoms with Crippen LogP contribution < -0.4 is 0 Å². The molecule has 0 amide bonds. The monoisotopic (exact) mass is 156 g/mol. The van der Waals surface area contributed by atoms with Crippen molar-refractivity contribution in [2.75, 3.05) is 19.8 Å². The Morgan fingerprint density at radius 2 is 2.36 bits per heavy atom. The smallest absolute Gasteiger partial charge is 0.181 e. The molecule has 0 aromatic rings. The van der Waals surface area contributed by atoms with Crippen molar-refractivity contribution >= 4 is 0 Å². The molecule has 1 unspecified atom stereocenters. The van der Waals surface area contributed by atoms with Crippen LogP contribution in [-0.2, 0) is 9.47 Å². The number of epoxide rings is 1. The minimum atomic E-state index is -0.0490. The van der Waals surface area contributed by atoms with Crippen molar-refractivity contribution in [2.24, 2.45) is 0 Å². The second kappa shape index (κ2) is 5.14. The zero-order chi connectivity index (χ0) is 7.94. The molecule has 62 valence electrons. The average molecular weight is 156 g/mol. The topological polar surface area (TPSA) is 42.0 Å². The quantitative estimate of drug-likeness (QED) is 0.357. The summed E-state index contributed by atoms with van der Waals surface area (Å²) >= 11 is 0. The first-order chi connectivity index (χ1) is 5.43. The Morgan fingerprint density at radius 1 is 1.55 bits per heavy atom. The van der Waals surface area contributed by atoms with E-state index in [2.05, 4.69) is 11.8 Å². The maximum absolute atomic E-state index is 8.30. The summed E-state index contributed by atoms with van der Waals surface area (Å²) < 4.78 is 10.0. The van der Waals surface area contributed by atoms with Crippen LogP contribution in [0.15, 0.2) is 0 Å². The summed E-state index contributed by atoms with van der Waals surface area (Å²) in [6.07, 6.45) is 1.75. The average Bonchev–Trinajstić information content (AvgIpc) is 2.80. The molecule has 0 radical (unpaired) electrons. The molecule has 0 aromatic heterocycles. The van der Waals surface area contributed by atoms with Gasteiger partial charge in [-0.3, -0.25) is 0 Å². The van der Waals surface area contributed by atoms with E-state index >= 15 is 0 Å². The number of hydrogen-bond acceptors (Lipinski definition) is 3. The first kappa shape index (κ1) is 8.54. The molecular formula is C8H12O3. The van der Waals surface area contributed by atoms with Gasteiger partial charge in [-0.25, -0.2) is 0 Å². The van der Waals surface area contributed by atoms with E-state index in [1.165, 1.54) is 0 Å². The molecule has 3 heteroatoms. The van der Waals surface area contributed by atoms with Crippen molar-refractivity contribution in [2.45, 2.75) is 19.1 Å². The Hall–Kier alpha value is -0.560. The van der Waals surface area contributed by atoms with E-state index in [9.17, 15) is 0 Å². The van der Waals surface area contributed by atoms with Gasteiger partial charge in [-0.15, -0.1) is 5.92 Å². The van der Waals surface area contributed by atoms with Crippen LogP contribution in [0, 0.1) is 11.8 Å². The van der Waals surface area contributed by atoms with Gasteiger partial charge in [0.15, 0.2) is 6.29 Å². The maximum Gasteiger partial charge on any atom is 0.181 e. The highest BCUT2D eigenvalue weighted by Crippen LogP contribution is 2.10. The van der Waals surface area contributed by atoms with Crippen LogP contribution in [-0.4, -0.2) is 31.2 Å². The highest BCUT2D eigenvalue weighted by Gasteiger charge is 2.22. The Balaban J connectivity index is 1.79. The van der Waals surface area contributed by atoms with E-state index < -0.39 is 0 Å². The van der Waals surface area contributed by atoms with Crippen LogP contribution in [0.3, 0.4) is 0 Å². The van der Waals surface area contributed by atoms with Crippen molar-refractivity contribution < 1.29 is 14.6 Å². The SMILES string of the molecule is OCC#CCCCOC1CO1. The Bertz CT molecular complexity index is 152. The third-order valence-electron chi connectivity index (χ3n) is 1.26. The van der Waals surface area contributed by atoms with Crippen molar-refractivity contribution in [1.29, 1.82) is 0 Å². The second-order valence-corrected chi connectivity index (χ2v) is 2.25. The highest BCUT2D eigenvalue weighted by atomic mass is 16.8. The molecule has 1 atom stereocenters. The van der Waals surface area contributed by atoms with E-state index in [4.69, 9.17) is 14.6 Å². The van der Waals surface area contributed by atoms with Gasteiger partial charge in [0.25, 0.3) is 0 Å². The Kier molecular flexibility index (Phi) is 3.99. The summed E-state index contributed by atoms with van der Waals surface area (Å²) in [4.78, 5) is 0. The predicted octanol–water partition coefficient (Wildman–Crippen LogP) is 0.135. The molecule has 1 rings (SSSR count). The van der Waals surface area contributed by atoms with E-state index in [-0.39, 0.29) is 12.9 Å². The fourth-order valence-electron chi connectivity index (χ4n) is 0.655. The fourth-order valence-corrected chi connectivity index (χ4v) is 0.655. The number of aliphatic hydroxyl groups is 1. The summed E-state index contributed by atoms with van der Waals surface area (Å²) in [6, 6.07) is 0. The minimum Gasteiger partial charge on any atom is -0.384 e. The van der Waals surface area contributed by atoms with Crippen LogP contribution in [0.25, 0.3) is 0 Å². The largest absolute Gasteiger partial charge is 0.384 e. The molecule has 3 nitrogen and oxygen atoms in total. The lowest BCUT2D eigenvalue weighted by Gasteiger charge is -1.94. The summed E-state index contributed by atoms with van der Waals surface area (Å²) in [5.74, 6) is 5.38. The minimum absolute atomic E-state index is 0.0490. The first-order valence-electron chi connectivity index (χ1n) is 3.73. The summed E-state index contributed by atoms with van der Waals surface area (Å²) in [5, 5.41) is 8.30. The summed E-state index contributed by atoms with van der Waals surface area (Å²) in [7, 11) is 0. The number of hydrogen-bond donors (Lipinski definition) is 1. The summed E-state index contributed by atoms with van der Waals surface area (Å²) in [5.41, 5.74) is 0. The molecule has 1 heterocycles. The first-order valence-corrected chi connectivity index (χ1v) is 3.73. The third-order valence-corrected chi connectivity index (χ3v) is 1.26. The van der Waals surface area contributed by atoms with Crippen molar-refractivity contribution in [3.05, 3.63) is 0 Å². The molecule has 1 N–H and O–H groups in total. The zero-order valence-electron chi connectivity index (χ0n) is 6.38. The van der Waals surface area contributed by atoms with Crippen LogP contribution in [0.1, 0.15) is 12.8 Å². The lowest BCUT2D eigenvalue weighted by atomic mass is 10.3. The highest BCUT2D eigenvalue weighted by molar-refractivity contribution is 4.98. The van der Waals surface area contributed by atoms with E-state index in [0.717, 1.165) is 19.4 Å². The van der Waals surface area contributed by atoms with Crippen LogP contribution in [0.4, 0.5) is 0 Å². The summed E-state index contributed by atoms with van der Waals surface area (Å²) in [6.45, 7) is 1.39. The normalized spacial score (nSPS) is 20.6. The van der Waals surface area contributed by atoms with Crippen LogP contribution in [0.5, 0.6) is 0 Å². The molecule has 0 aromatic carbocycles. The van der Waals surface area contributed by atoms with Gasteiger partial charge in [-0.2, -0.15) is 0 Å². The van der Waals surface area contributed by atoms with Crippen molar-refractivity contribution in [3.63, 3.8) is 0 Å². The molecule has 1 aliphatic heterocycles. The van der Waals surface area contributed by atoms with Gasteiger partial charge in [0.1, 0.15) is 13.2 Å². The number of aliphatic hydroxyl groups excluding tert-OH is 1. The molecule has 1 saturated heterocycles. The molecular weight excluding hydrogens is 144 g/mol. The standard InChI is InChI=1S/C8H12O3/c9-5-3-1-2-4-6-10-8-7-11-8/h8-9H,2,4-7H2. The molecule has 0 aliphatic carbocycles. The molecule has 11 heavy (non-hydrogen) atoms. The van der Waals surface area contributed by atoms with Gasteiger partial charge >= 0.3 is 0 Å². The molecule has 0 saturated carbocycles. The fraction of sp³-hybridized carbons (Fsp3) is 0.750. The van der Waals surface area contributed by atoms with Gasteiger partial charge in [0.2, 0.25) is 0 Å². The lowest BCUT2D eigenvalue weighted by Crippen LogP contribution is -1.96. The zero-order valence-corrected chi connectivity index (χ0v) is 6.38. The number of ether oxygens (including phenoxy) is 2. The van der Waals surface area contributed by atoms with Gasteiger partial charge in [0.05, 0.1) is 6.61 Å². The Labute approximate surface area is 66.3 Å². The van der Waals surface area contributed by atoms with Gasteiger partial charge in [-0.05, 0) is 6.42 Å². The molecule has 0 bridgehead atoms. The number of rotatable bonds is 4. The Morgan fingerprint density at radius 3 is 3.00 bits per heavy atom. The van der Waals surface area contributed by atoms with Crippen LogP contribution >= 0.6 is 0 Å². The molecule has 0 spiro atoms. The van der Waals surface area contributed by atoms with Gasteiger partial charge < -0.3 is 14.6 Å². The molecule has 1 fully saturated rings. The second-order valence-electron chi connectivity index (χ2n) is 2.25. The van der Waals surface area contributed by atoms with Crippen molar-refractivity contribution in [1.82, 2.24) is 0 Å². The van der Waals surface area contributed by atoms with E-state index in [0.29, 0.717) is 6.61 Å². The van der Waals surface area contributed by atoms with E-state index in [1.54, 1.807) is 0 Å². The predicted molar refractivity (Wildman–Crippen MR) is 39.8 cm³/mol. The number of unbranched alkanes of at least 4 members (excludes halogenated alkanes) is 1. The van der Waals surface area contributed by atoms with Crippen LogP contribution in [0.2, 0.25) is 0 Å². The lowest BCUT2D eigenvalue weighted by molar-refractivity contribution is 0.0495. The van der Waals surface area contributed by atoms with E-state index in [1.807, 2.05) is 0 Å².